The molecule has 0 aromatic heterocycles. The van der Waals surface area contributed by atoms with E-state index in [9.17, 15) is 43.2 Å². The van der Waals surface area contributed by atoms with E-state index in [0.717, 1.165) is 95.8 Å². The number of hydrogen-bond donors (Lipinski definition) is 3. The van der Waals surface area contributed by atoms with Gasteiger partial charge >= 0.3 is 39.5 Å². The van der Waals surface area contributed by atoms with E-state index in [1.807, 2.05) is 0 Å². The topological polar surface area (TPSA) is 237 Å². The Balaban J connectivity index is 5.13. The molecule has 0 amide bonds. The first-order chi connectivity index (χ1) is 44.6. The molecule has 0 fully saturated rings. The number of esters is 4. The number of carbonyl (C=O) groups is 4. The Morgan fingerprint density at radius 2 is 0.522 bits per heavy atom. The van der Waals surface area contributed by atoms with Gasteiger partial charge in [0, 0.05) is 25.7 Å². The van der Waals surface area contributed by atoms with Crippen LogP contribution in [0.2, 0.25) is 0 Å². The van der Waals surface area contributed by atoms with Gasteiger partial charge in [-0.05, 0) is 31.6 Å². The molecule has 0 aliphatic rings. The Morgan fingerprint density at radius 1 is 0.304 bits per heavy atom. The highest BCUT2D eigenvalue weighted by atomic mass is 31.2. The summed E-state index contributed by atoms with van der Waals surface area (Å²) in [6, 6.07) is 0. The molecule has 0 aromatic carbocycles. The van der Waals surface area contributed by atoms with Gasteiger partial charge in [-0.2, -0.15) is 0 Å². The molecule has 6 atom stereocenters. The fourth-order valence-corrected chi connectivity index (χ4v) is 12.7. The van der Waals surface area contributed by atoms with Crippen molar-refractivity contribution in [3.63, 3.8) is 0 Å². The van der Waals surface area contributed by atoms with Gasteiger partial charge in [0.15, 0.2) is 12.2 Å². The van der Waals surface area contributed by atoms with E-state index in [0.29, 0.717) is 25.7 Å². The lowest BCUT2D eigenvalue weighted by atomic mass is 10.00. The molecule has 0 bridgehead atoms. The molecule has 17 nitrogen and oxygen atoms in total. The first-order valence-corrected chi connectivity index (χ1v) is 41.2. The Kier molecular flexibility index (Phi) is 64.9. The summed E-state index contributed by atoms with van der Waals surface area (Å²) in [6.45, 7) is 7.19. The van der Waals surface area contributed by atoms with Crippen LogP contribution in [0.25, 0.3) is 0 Å². The lowest BCUT2D eigenvalue weighted by Crippen LogP contribution is -2.30. The van der Waals surface area contributed by atoms with Crippen molar-refractivity contribution in [1.29, 1.82) is 0 Å². The van der Waals surface area contributed by atoms with Crippen molar-refractivity contribution >= 4 is 39.5 Å². The minimum atomic E-state index is -4.95. The van der Waals surface area contributed by atoms with Gasteiger partial charge in [-0.1, -0.05) is 330 Å². The summed E-state index contributed by atoms with van der Waals surface area (Å²) in [6.07, 6.45) is 54.3. The second-order valence-corrected chi connectivity index (χ2v) is 29.5. The predicted molar refractivity (Wildman–Crippen MR) is 372 cm³/mol. The molecule has 0 heterocycles. The largest absolute Gasteiger partial charge is 0.472 e. The summed E-state index contributed by atoms with van der Waals surface area (Å²) in [7, 11) is -9.90. The third-order valence-electron chi connectivity index (χ3n) is 17.4. The highest BCUT2D eigenvalue weighted by molar-refractivity contribution is 7.47. The maximum Gasteiger partial charge on any atom is 0.472 e. The van der Waals surface area contributed by atoms with Gasteiger partial charge < -0.3 is 33.8 Å². The zero-order valence-corrected chi connectivity index (χ0v) is 61.5. The molecule has 3 unspecified atom stereocenters. The summed E-state index contributed by atoms with van der Waals surface area (Å²) in [5, 5.41) is 10.6. The van der Waals surface area contributed by atoms with Crippen LogP contribution in [0.1, 0.15) is 381 Å². The number of unbranched alkanes of at least 4 members (excludes halogenated alkanes) is 44. The van der Waals surface area contributed by atoms with Crippen molar-refractivity contribution in [2.75, 3.05) is 39.6 Å². The summed E-state index contributed by atoms with van der Waals surface area (Å²) >= 11 is 0. The van der Waals surface area contributed by atoms with Crippen molar-refractivity contribution < 1.29 is 80.2 Å². The SMILES string of the molecule is CCCCCCCCCCCCCCCCCCCCCCCCC(=O)O[C@H](COC(=O)CCCCCCCCCCCCC)COP(=O)(O)OC[C@@H](O)COP(=O)(O)OC[C@@H](COC(=O)CCCCCCCCCCC)OC(=O)CCCCCCCCC(C)CC. The molecule has 0 rings (SSSR count). The van der Waals surface area contributed by atoms with Crippen molar-refractivity contribution in [3.8, 4) is 0 Å². The highest BCUT2D eigenvalue weighted by Gasteiger charge is 2.30. The second-order valence-electron chi connectivity index (χ2n) is 26.6. The minimum absolute atomic E-state index is 0.103. The van der Waals surface area contributed by atoms with E-state index in [1.54, 1.807) is 0 Å². The number of rotatable bonds is 73. The molecule has 0 aliphatic carbocycles. The Labute approximate surface area is 562 Å². The van der Waals surface area contributed by atoms with Crippen LogP contribution in [0.3, 0.4) is 0 Å². The van der Waals surface area contributed by atoms with Gasteiger partial charge in [0.1, 0.15) is 19.3 Å². The van der Waals surface area contributed by atoms with Crippen molar-refractivity contribution in [2.45, 2.75) is 400 Å². The zero-order valence-electron chi connectivity index (χ0n) is 59.7. The molecular formula is C73H142O17P2. The molecule has 0 spiro atoms. The third-order valence-corrected chi connectivity index (χ3v) is 19.3. The van der Waals surface area contributed by atoms with E-state index in [1.165, 1.54) is 205 Å². The number of ether oxygens (including phenoxy) is 4. The smallest absolute Gasteiger partial charge is 0.462 e. The summed E-state index contributed by atoms with van der Waals surface area (Å²) in [5.41, 5.74) is 0. The van der Waals surface area contributed by atoms with Crippen LogP contribution in [0.5, 0.6) is 0 Å². The van der Waals surface area contributed by atoms with Crippen LogP contribution in [-0.2, 0) is 65.4 Å². The van der Waals surface area contributed by atoms with E-state index < -0.39 is 97.5 Å². The zero-order chi connectivity index (χ0) is 67.7. The Bertz CT molecular complexity index is 1770. The molecule has 0 radical (unpaired) electrons. The number of aliphatic hydroxyl groups is 1. The molecule has 0 saturated heterocycles. The van der Waals surface area contributed by atoms with E-state index in [-0.39, 0.29) is 25.7 Å². The first-order valence-electron chi connectivity index (χ1n) is 38.2. The van der Waals surface area contributed by atoms with Gasteiger partial charge in [-0.25, -0.2) is 9.13 Å². The van der Waals surface area contributed by atoms with Crippen LogP contribution in [0.4, 0.5) is 0 Å². The maximum atomic E-state index is 13.0. The second kappa shape index (κ2) is 66.3. The number of phosphoric acid groups is 2. The quantitative estimate of drug-likeness (QED) is 0.0222. The number of hydrogen-bond acceptors (Lipinski definition) is 15. The fraction of sp³-hybridized carbons (Fsp3) is 0.945. The average molecular weight is 1350 g/mol. The Hall–Kier alpha value is -1.94. The minimum Gasteiger partial charge on any atom is -0.462 e. The maximum absolute atomic E-state index is 13.0. The van der Waals surface area contributed by atoms with Crippen LogP contribution >= 0.6 is 15.6 Å². The standard InChI is InChI=1S/C73H142O17P2/c1-6-10-13-16-19-22-24-25-26-27-28-29-30-31-32-33-34-36-39-42-48-53-58-72(77)89-68(62-84-71(76)57-52-47-41-38-35-23-20-17-14-11-7-2)64-87-91(79,80)85-60-67(74)61-86-92(81,82)88-65-69(63-83-70(75)56-51-46-40-37-21-18-15-12-8-3)90-73(78)59-54-49-44-43-45-50-55-66(5)9-4/h66-69,74H,6-65H2,1-5H3,(H,79,80)(H,81,82)/t66?,67-,68-,69-/m1/s1. The monoisotopic (exact) mass is 1350 g/mol. The predicted octanol–water partition coefficient (Wildman–Crippen LogP) is 21.3. The number of aliphatic hydroxyl groups excluding tert-OH is 1. The molecule has 0 aliphatic heterocycles. The number of phosphoric ester groups is 2. The highest BCUT2D eigenvalue weighted by Crippen LogP contribution is 2.45. The van der Waals surface area contributed by atoms with Gasteiger partial charge in [0.25, 0.3) is 0 Å². The fourth-order valence-electron chi connectivity index (χ4n) is 11.1. The van der Waals surface area contributed by atoms with E-state index in [4.69, 9.17) is 37.0 Å². The van der Waals surface area contributed by atoms with Crippen LogP contribution in [0, 0.1) is 5.92 Å². The van der Waals surface area contributed by atoms with Gasteiger partial charge in [0.2, 0.25) is 0 Å². The Morgan fingerprint density at radius 3 is 0.772 bits per heavy atom. The van der Waals surface area contributed by atoms with Crippen molar-refractivity contribution in [3.05, 3.63) is 0 Å². The van der Waals surface area contributed by atoms with Crippen LogP contribution < -0.4 is 0 Å². The molecule has 92 heavy (non-hydrogen) atoms. The molecule has 3 N–H and O–H groups in total. The average Bonchev–Trinajstić information content (AvgIpc) is 3.48. The molecule has 0 aromatic rings. The van der Waals surface area contributed by atoms with E-state index in [2.05, 4.69) is 34.6 Å². The molecule has 0 saturated carbocycles. The van der Waals surface area contributed by atoms with Gasteiger partial charge in [0.05, 0.1) is 26.4 Å². The lowest BCUT2D eigenvalue weighted by molar-refractivity contribution is -0.161. The summed E-state index contributed by atoms with van der Waals surface area (Å²) < 4.78 is 68.3. The third kappa shape index (κ3) is 65.4. The van der Waals surface area contributed by atoms with Crippen LogP contribution in [0.15, 0.2) is 0 Å². The van der Waals surface area contributed by atoms with Crippen molar-refractivity contribution in [1.82, 2.24) is 0 Å². The van der Waals surface area contributed by atoms with Gasteiger partial charge in [-0.15, -0.1) is 0 Å². The van der Waals surface area contributed by atoms with Gasteiger partial charge in [-0.3, -0.25) is 37.3 Å². The summed E-state index contributed by atoms with van der Waals surface area (Å²) in [4.78, 5) is 72.5. The summed E-state index contributed by atoms with van der Waals surface area (Å²) in [5.74, 6) is -1.40. The van der Waals surface area contributed by atoms with E-state index >= 15 is 0 Å². The lowest BCUT2D eigenvalue weighted by Gasteiger charge is -2.21. The molecular weight excluding hydrogens is 1210 g/mol. The first kappa shape index (κ1) is 90.1. The number of carbonyl (C=O) groups excluding carboxylic acids is 4. The van der Waals surface area contributed by atoms with Crippen molar-refractivity contribution in [2.24, 2.45) is 5.92 Å². The van der Waals surface area contributed by atoms with Crippen LogP contribution in [-0.4, -0.2) is 96.7 Å². The molecule has 546 valence electrons. The molecule has 19 heteroatoms. The normalized spacial score (nSPS) is 14.3.